The molecule has 1 amide bonds. The fraction of sp³-hybridized carbons (Fsp3) is 0.130. The van der Waals surface area contributed by atoms with E-state index in [2.05, 4.69) is 49.0 Å². The van der Waals surface area contributed by atoms with Crippen molar-refractivity contribution in [2.45, 2.75) is 12.5 Å². The Hall–Kier alpha value is -2.23. The Balaban J connectivity index is 1.86. The van der Waals surface area contributed by atoms with E-state index in [-0.39, 0.29) is 0 Å². The Morgan fingerprint density at radius 1 is 1.13 bits per heavy atom. The van der Waals surface area contributed by atoms with Crippen LogP contribution in [0.3, 0.4) is 0 Å². The van der Waals surface area contributed by atoms with E-state index in [1.165, 1.54) is 6.21 Å². The molecule has 3 rings (SSSR count). The molecule has 0 aromatic heterocycles. The van der Waals surface area contributed by atoms with Crippen molar-refractivity contribution >= 4 is 50.6 Å². The number of benzene rings is 3. The fourth-order valence-electron chi connectivity index (χ4n) is 2.97. The molecule has 154 valence electrons. The number of hydrazone groups is 1. The lowest BCUT2D eigenvalue weighted by atomic mass is 9.85. The van der Waals surface area contributed by atoms with E-state index < -0.39 is 11.5 Å². The van der Waals surface area contributed by atoms with Gasteiger partial charge in [-0.2, -0.15) is 5.10 Å². The quantitative estimate of drug-likeness (QED) is 0.239. The van der Waals surface area contributed by atoms with Gasteiger partial charge in [0.05, 0.1) is 20.9 Å². The molecule has 0 radical (unpaired) electrons. The second-order valence-electron chi connectivity index (χ2n) is 6.39. The molecule has 0 unspecified atom stereocenters. The summed E-state index contributed by atoms with van der Waals surface area (Å²) in [4.78, 5) is 13.0. The summed E-state index contributed by atoms with van der Waals surface area (Å²) >= 11 is 5.68. The van der Waals surface area contributed by atoms with E-state index >= 15 is 0 Å². The van der Waals surface area contributed by atoms with Crippen LogP contribution in [0, 0.1) is 3.57 Å². The Labute approximate surface area is 197 Å². The topological polar surface area (TPSA) is 70.9 Å². The van der Waals surface area contributed by atoms with E-state index in [1.807, 2.05) is 31.2 Å². The zero-order chi connectivity index (χ0) is 21.6. The van der Waals surface area contributed by atoms with Gasteiger partial charge in [0.15, 0.2) is 5.60 Å². The van der Waals surface area contributed by atoms with Crippen molar-refractivity contribution in [3.8, 4) is 5.75 Å². The molecule has 5 nitrogen and oxygen atoms in total. The van der Waals surface area contributed by atoms with Gasteiger partial charge in [-0.15, -0.1) is 0 Å². The van der Waals surface area contributed by atoms with Crippen molar-refractivity contribution in [3.63, 3.8) is 0 Å². The summed E-state index contributed by atoms with van der Waals surface area (Å²) in [5, 5.41) is 15.5. The van der Waals surface area contributed by atoms with Crippen molar-refractivity contribution in [3.05, 3.63) is 97.5 Å². The molecule has 0 saturated carbocycles. The van der Waals surface area contributed by atoms with Gasteiger partial charge in [-0.05, 0) is 74.3 Å². The standard InChI is InChI=1S/C23H20BrIN2O3/c1-2-30-21-19(24)13-16(14-20(21)25)15-26-27-22(28)23(29,17-9-5-3-6-10-17)18-11-7-4-8-12-18/h3-15,29H,2H2,1H3,(H,27,28)/b26-15+. The minimum Gasteiger partial charge on any atom is -0.492 e. The normalized spacial score (nSPS) is 11.5. The second-order valence-corrected chi connectivity index (χ2v) is 8.40. The summed E-state index contributed by atoms with van der Waals surface area (Å²) < 4.78 is 7.32. The molecular formula is C23H20BrIN2O3. The van der Waals surface area contributed by atoms with Gasteiger partial charge >= 0.3 is 0 Å². The van der Waals surface area contributed by atoms with Gasteiger partial charge in [-0.1, -0.05) is 60.7 Å². The van der Waals surface area contributed by atoms with Crippen molar-refractivity contribution in [2.75, 3.05) is 6.61 Å². The van der Waals surface area contributed by atoms with Crippen LogP contribution in [0.1, 0.15) is 23.6 Å². The predicted molar refractivity (Wildman–Crippen MR) is 130 cm³/mol. The number of halogens is 2. The molecule has 30 heavy (non-hydrogen) atoms. The third-order valence-corrected chi connectivity index (χ3v) is 5.79. The minimum atomic E-state index is -1.87. The Morgan fingerprint density at radius 3 is 2.20 bits per heavy atom. The third-order valence-electron chi connectivity index (χ3n) is 4.40. The van der Waals surface area contributed by atoms with Crippen molar-refractivity contribution in [2.24, 2.45) is 5.10 Å². The molecular weight excluding hydrogens is 559 g/mol. The average Bonchev–Trinajstić information content (AvgIpc) is 2.77. The Morgan fingerprint density at radius 2 is 1.70 bits per heavy atom. The number of hydrogen-bond acceptors (Lipinski definition) is 4. The predicted octanol–water partition coefficient (Wildman–Crippen LogP) is 4.84. The van der Waals surface area contributed by atoms with Gasteiger partial charge in [-0.25, -0.2) is 5.43 Å². The van der Waals surface area contributed by atoms with Crippen LogP contribution in [0.15, 0.2) is 82.4 Å². The fourth-order valence-corrected chi connectivity index (χ4v) is 4.74. The smallest absolute Gasteiger partial charge is 0.281 e. The summed E-state index contributed by atoms with van der Waals surface area (Å²) in [5.74, 6) is 0.123. The van der Waals surface area contributed by atoms with E-state index in [4.69, 9.17) is 4.74 Å². The van der Waals surface area contributed by atoms with Gasteiger partial charge in [0.25, 0.3) is 5.91 Å². The molecule has 0 spiro atoms. The average molecular weight is 579 g/mol. The number of rotatable bonds is 7. The summed E-state index contributed by atoms with van der Waals surface area (Å²) in [5.41, 5.74) is 2.31. The van der Waals surface area contributed by atoms with Gasteiger partial charge in [0, 0.05) is 0 Å². The molecule has 0 fully saturated rings. The van der Waals surface area contributed by atoms with E-state index in [0.29, 0.717) is 17.7 Å². The first-order valence-electron chi connectivity index (χ1n) is 9.25. The van der Waals surface area contributed by atoms with Crippen LogP contribution in [-0.2, 0) is 10.4 Å². The molecule has 0 aliphatic carbocycles. The van der Waals surface area contributed by atoms with Gasteiger partial charge in [-0.3, -0.25) is 4.79 Å². The maximum Gasteiger partial charge on any atom is 0.281 e. The van der Waals surface area contributed by atoms with E-state index in [9.17, 15) is 9.90 Å². The molecule has 2 N–H and O–H groups in total. The molecule has 0 bridgehead atoms. The molecule has 7 heteroatoms. The molecule has 0 aliphatic heterocycles. The number of carbonyl (C=O) groups is 1. The summed E-state index contributed by atoms with van der Waals surface area (Å²) in [7, 11) is 0. The number of ether oxygens (including phenoxy) is 1. The van der Waals surface area contributed by atoms with E-state index in [1.54, 1.807) is 48.5 Å². The van der Waals surface area contributed by atoms with Crippen LogP contribution >= 0.6 is 38.5 Å². The van der Waals surface area contributed by atoms with Gasteiger partial charge in [0.1, 0.15) is 5.75 Å². The molecule has 0 heterocycles. The lowest BCUT2D eigenvalue weighted by Gasteiger charge is -2.27. The molecule has 3 aromatic carbocycles. The number of hydrogen-bond donors (Lipinski definition) is 2. The Bertz CT molecular complexity index is 980. The van der Waals surface area contributed by atoms with Crippen LogP contribution in [0.2, 0.25) is 0 Å². The first kappa shape index (κ1) is 22.5. The molecule has 0 aliphatic rings. The van der Waals surface area contributed by atoms with Gasteiger partial charge in [0.2, 0.25) is 0 Å². The van der Waals surface area contributed by atoms with Crippen molar-refractivity contribution in [1.82, 2.24) is 5.43 Å². The zero-order valence-corrected chi connectivity index (χ0v) is 19.9. The number of amides is 1. The summed E-state index contributed by atoms with van der Waals surface area (Å²) in [6.45, 7) is 2.49. The lowest BCUT2D eigenvalue weighted by molar-refractivity contribution is -0.136. The van der Waals surface area contributed by atoms with Gasteiger partial charge < -0.3 is 9.84 Å². The number of nitrogens with one attached hydrogen (secondary N) is 1. The van der Waals surface area contributed by atoms with Crippen LogP contribution in [0.4, 0.5) is 0 Å². The van der Waals surface area contributed by atoms with Crippen molar-refractivity contribution in [1.29, 1.82) is 0 Å². The monoisotopic (exact) mass is 578 g/mol. The highest BCUT2D eigenvalue weighted by Gasteiger charge is 2.39. The SMILES string of the molecule is CCOc1c(Br)cc(/C=N/NC(=O)C(O)(c2ccccc2)c2ccccc2)cc1I. The molecule has 3 aromatic rings. The highest BCUT2D eigenvalue weighted by Crippen LogP contribution is 2.32. The third kappa shape index (κ3) is 4.91. The van der Waals surface area contributed by atoms with E-state index in [0.717, 1.165) is 19.4 Å². The largest absolute Gasteiger partial charge is 0.492 e. The van der Waals surface area contributed by atoms with Crippen molar-refractivity contribution < 1.29 is 14.6 Å². The van der Waals surface area contributed by atoms with Crippen LogP contribution < -0.4 is 10.2 Å². The van der Waals surface area contributed by atoms with Crippen LogP contribution in [0.5, 0.6) is 5.75 Å². The van der Waals surface area contributed by atoms with Crippen LogP contribution in [-0.4, -0.2) is 23.8 Å². The van der Waals surface area contributed by atoms with Crippen LogP contribution in [0.25, 0.3) is 0 Å². The zero-order valence-electron chi connectivity index (χ0n) is 16.2. The highest BCUT2D eigenvalue weighted by atomic mass is 127. The maximum atomic E-state index is 13.0. The Kier molecular flexibility index (Phi) is 7.63. The number of carbonyl (C=O) groups excluding carboxylic acids is 1. The highest BCUT2D eigenvalue weighted by molar-refractivity contribution is 14.1. The second kappa shape index (κ2) is 10.2. The molecule has 0 saturated heterocycles. The minimum absolute atomic E-state index is 0.460. The number of nitrogens with zero attached hydrogens (tertiary/aromatic N) is 1. The number of aliphatic hydroxyl groups is 1. The maximum absolute atomic E-state index is 13.0. The molecule has 0 atom stereocenters. The summed E-state index contributed by atoms with van der Waals surface area (Å²) in [6.07, 6.45) is 1.52. The first-order chi connectivity index (χ1) is 14.5. The first-order valence-corrected chi connectivity index (χ1v) is 11.1. The lowest BCUT2D eigenvalue weighted by Crippen LogP contribution is -2.43. The summed E-state index contributed by atoms with van der Waals surface area (Å²) in [6, 6.07) is 21.4.